The van der Waals surface area contributed by atoms with E-state index in [2.05, 4.69) is 26.6 Å². The molecule has 5 nitrogen and oxygen atoms in total. The van der Waals surface area contributed by atoms with Crippen LogP contribution in [0.15, 0.2) is 46.9 Å². The first-order valence-electron chi connectivity index (χ1n) is 8.22. The Balaban J connectivity index is 1.86. The van der Waals surface area contributed by atoms with Crippen molar-refractivity contribution in [3.8, 4) is 0 Å². The number of para-hydroxylation sites is 1. The number of hydrogen-bond donors (Lipinski definition) is 2. The largest absolute Gasteiger partial charge is 0.336 e. The summed E-state index contributed by atoms with van der Waals surface area (Å²) in [6, 6.07) is 12.7. The summed E-state index contributed by atoms with van der Waals surface area (Å²) in [4.78, 5) is 26.8. The van der Waals surface area contributed by atoms with E-state index in [9.17, 15) is 9.59 Å². The lowest BCUT2D eigenvalue weighted by Gasteiger charge is -2.20. The zero-order chi connectivity index (χ0) is 18.0. The summed E-state index contributed by atoms with van der Waals surface area (Å²) in [5, 5.41) is 5.54. The summed E-state index contributed by atoms with van der Waals surface area (Å²) in [5.74, 6) is -0.110. The Hall–Kier alpha value is -2.34. The second-order valence-electron chi connectivity index (χ2n) is 6.28. The molecule has 25 heavy (non-hydrogen) atoms. The molecular formula is C19H20BrN3O2. The number of halogens is 1. The van der Waals surface area contributed by atoms with Crippen LogP contribution in [0.5, 0.6) is 0 Å². The van der Waals surface area contributed by atoms with E-state index in [1.165, 1.54) is 0 Å². The molecule has 0 aromatic heterocycles. The summed E-state index contributed by atoms with van der Waals surface area (Å²) in [6.07, 6.45) is 0.823. The average Bonchev–Trinajstić information content (AvgIpc) is 2.96. The first-order chi connectivity index (χ1) is 12.0. The number of fused-ring (bicyclic) bond motifs is 1. The lowest BCUT2D eigenvalue weighted by molar-refractivity contribution is 0.0990. The first kappa shape index (κ1) is 17.5. The maximum absolute atomic E-state index is 13.1. The highest BCUT2D eigenvalue weighted by molar-refractivity contribution is 9.10. The lowest BCUT2D eigenvalue weighted by Crippen LogP contribution is -2.35. The maximum atomic E-state index is 13.1. The van der Waals surface area contributed by atoms with Crippen LogP contribution in [0.2, 0.25) is 0 Å². The number of benzene rings is 2. The Morgan fingerprint density at radius 1 is 1.16 bits per heavy atom. The van der Waals surface area contributed by atoms with E-state index in [1.54, 1.807) is 29.2 Å². The topological polar surface area (TPSA) is 61.4 Å². The molecule has 1 aliphatic rings. The molecule has 0 bridgehead atoms. The molecule has 0 radical (unpaired) electrons. The van der Waals surface area contributed by atoms with Gasteiger partial charge in [-0.15, -0.1) is 0 Å². The van der Waals surface area contributed by atoms with Gasteiger partial charge < -0.3 is 15.5 Å². The van der Waals surface area contributed by atoms with Gasteiger partial charge in [0.15, 0.2) is 0 Å². The SMILES string of the molecule is CC(C)NC(=O)Nc1ccccc1C(=O)N1CCc2cc(Br)ccc21. The molecule has 0 atom stereocenters. The van der Waals surface area contributed by atoms with Crippen LogP contribution < -0.4 is 15.5 Å². The Kier molecular flexibility index (Phi) is 5.08. The number of anilines is 2. The summed E-state index contributed by atoms with van der Waals surface area (Å²) < 4.78 is 1.01. The van der Waals surface area contributed by atoms with Crippen molar-refractivity contribution in [1.82, 2.24) is 5.32 Å². The molecule has 3 amide bonds. The van der Waals surface area contributed by atoms with Gasteiger partial charge in [-0.25, -0.2) is 4.79 Å². The van der Waals surface area contributed by atoms with Crippen molar-refractivity contribution < 1.29 is 9.59 Å². The van der Waals surface area contributed by atoms with Crippen molar-refractivity contribution in [2.45, 2.75) is 26.3 Å². The minimum atomic E-state index is -0.319. The number of urea groups is 1. The molecule has 0 fully saturated rings. The second-order valence-corrected chi connectivity index (χ2v) is 7.19. The van der Waals surface area contributed by atoms with Crippen LogP contribution in [-0.2, 0) is 6.42 Å². The molecule has 130 valence electrons. The molecular weight excluding hydrogens is 382 g/mol. The third kappa shape index (κ3) is 3.85. The number of carbonyl (C=O) groups excluding carboxylic acids is 2. The monoisotopic (exact) mass is 401 g/mol. The van der Waals surface area contributed by atoms with Crippen LogP contribution in [0.1, 0.15) is 29.8 Å². The zero-order valence-electron chi connectivity index (χ0n) is 14.2. The van der Waals surface area contributed by atoms with Crippen LogP contribution in [0.3, 0.4) is 0 Å². The minimum absolute atomic E-state index is 0.0202. The molecule has 2 aromatic rings. The summed E-state index contributed by atoms with van der Waals surface area (Å²) in [6.45, 7) is 4.41. The lowest BCUT2D eigenvalue weighted by atomic mass is 10.1. The van der Waals surface area contributed by atoms with Gasteiger partial charge in [0.1, 0.15) is 0 Å². The minimum Gasteiger partial charge on any atom is -0.336 e. The van der Waals surface area contributed by atoms with Crippen LogP contribution >= 0.6 is 15.9 Å². The molecule has 0 saturated heterocycles. The fourth-order valence-corrected chi connectivity index (χ4v) is 3.33. The fourth-order valence-electron chi connectivity index (χ4n) is 2.93. The highest BCUT2D eigenvalue weighted by Gasteiger charge is 2.27. The van der Waals surface area contributed by atoms with Gasteiger partial charge in [0.05, 0.1) is 11.3 Å². The molecule has 2 N–H and O–H groups in total. The quantitative estimate of drug-likeness (QED) is 0.809. The van der Waals surface area contributed by atoms with Gasteiger partial charge in [0.25, 0.3) is 5.91 Å². The number of rotatable bonds is 3. The Morgan fingerprint density at radius 3 is 2.68 bits per heavy atom. The highest BCUT2D eigenvalue weighted by atomic mass is 79.9. The number of nitrogens with one attached hydrogen (secondary N) is 2. The second kappa shape index (κ2) is 7.27. The smallest absolute Gasteiger partial charge is 0.319 e. The molecule has 2 aromatic carbocycles. The van der Waals surface area contributed by atoms with Crippen LogP contribution in [0.4, 0.5) is 16.2 Å². The van der Waals surface area contributed by atoms with Crippen LogP contribution in [-0.4, -0.2) is 24.5 Å². The summed E-state index contributed by atoms with van der Waals surface area (Å²) >= 11 is 3.47. The van der Waals surface area contributed by atoms with E-state index < -0.39 is 0 Å². The Morgan fingerprint density at radius 2 is 1.92 bits per heavy atom. The van der Waals surface area contributed by atoms with Gasteiger partial charge in [0, 0.05) is 22.7 Å². The van der Waals surface area contributed by atoms with E-state index in [0.29, 0.717) is 17.8 Å². The third-order valence-electron chi connectivity index (χ3n) is 4.01. The molecule has 0 spiro atoms. The van der Waals surface area contributed by atoms with Crippen LogP contribution in [0.25, 0.3) is 0 Å². The molecule has 0 unspecified atom stereocenters. The predicted octanol–water partition coefficient (Wildman–Crippen LogP) is 4.18. The number of amides is 3. The summed E-state index contributed by atoms with van der Waals surface area (Å²) in [5.41, 5.74) is 3.06. The standard InChI is InChI=1S/C19H20BrN3O2/c1-12(2)21-19(25)22-16-6-4-3-5-15(16)18(24)23-10-9-13-11-14(20)7-8-17(13)23/h3-8,11-12H,9-10H2,1-2H3,(H2,21,22,25). The molecule has 3 rings (SSSR count). The molecule has 0 aliphatic carbocycles. The van der Waals surface area contributed by atoms with Gasteiger partial charge in [-0.2, -0.15) is 0 Å². The van der Waals surface area contributed by atoms with Crippen LogP contribution in [0, 0.1) is 0 Å². The van der Waals surface area contributed by atoms with Crippen molar-refractivity contribution in [2.75, 3.05) is 16.8 Å². The van der Waals surface area contributed by atoms with Crippen molar-refractivity contribution in [1.29, 1.82) is 0 Å². The van der Waals surface area contributed by atoms with Crippen molar-refractivity contribution in [3.05, 3.63) is 58.1 Å². The number of hydrogen-bond acceptors (Lipinski definition) is 2. The van der Waals surface area contributed by atoms with E-state index in [0.717, 1.165) is 22.1 Å². The van der Waals surface area contributed by atoms with Crippen molar-refractivity contribution in [2.24, 2.45) is 0 Å². The van der Waals surface area contributed by atoms with Crippen molar-refractivity contribution >= 4 is 39.2 Å². The Bertz CT molecular complexity index is 820. The van der Waals surface area contributed by atoms with E-state index >= 15 is 0 Å². The molecule has 6 heteroatoms. The van der Waals surface area contributed by atoms with Gasteiger partial charge in [-0.1, -0.05) is 28.1 Å². The fraction of sp³-hybridized carbons (Fsp3) is 0.263. The average molecular weight is 402 g/mol. The third-order valence-corrected chi connectivity index (χ3v) is 4.50. The predicted molar refractivity (Wildman–Crippen MR) is 103 cm³/mol. The Labute approximate surface area is 155 Å². The van der Waals surface area contributed by atoms with E-state index in [-0.39, 0.29) is 18.0 Å². The normalized spacial score (nSPS) is 12.9. The maximum Gasteiger partial charge on any atom is 0.319 e. The molecule has 0 saturated carbocycles. The molecule has 1 aliphatic heterocycles. The van der Waals surface area contributed by atoms with Gasteiger partial charge in [-0.05, 0) is 56.2 Å². The van der Waals surface area contributed by atoms with E-state index in [1.807, 2.05) is 32.0 Å². The van der Waals surface area contributed by atoms with Gasteiger partial charge in [-0.3, -0.25) is 4.79 Å². The number of carbonyl (C=O) groups is 2. The highest BCUT2D eigenvalue weighted by Crippen LogP contribution is 2.32. The van der Waals surface area contributed by atoms with Gasteiger partial charge >= 0.3 is 6.03 Å². The zero-order valence-corrected chi connectivity index (χ0v) is 15.8. The van der Waals surface area contributed by atoms with Crippen molar-refractivity contribution in [3.63, 3.8) is 0 Å². The van der Waals surface area contributed by atoms with E-state index in [4.69, 9.17) is 0 Å². The molecule has 1 heterocycles. The first-order valence-corrected chi connectivity index (χ1v) is 9.02. The number of nitrogens with zero attached hydrogens (tertiary/aromatic N) is 1. The van der Waals surface area contributed by atoms with Gasteiger partial charge in [0.2, 0.25) is 0 Å². The summed E-state index contributed by atoms with van der Waals surface area (Å²) in [7, 11) is 0.